The summed E-state index contributed by atoms with van der Waals surface area (Å²) >= 11 is 7.27. The average molecular weight is 335 g/mol. The van der Waals surface area contributed by atoms with Crippen molar-refractivity contribution in [1.29, 1.82) is 0 Å². The fourth-order valence-electron chi connectivity index (χ4n) is 1.94. The number of anilines is 1. The second-order valence-electron chi connectivity index (χ2n) is 4.63. The van der Waals surface area contributed by atoms with Gasteiger partial charge in [-0.3, -0.25) is 4.79 Å². The van der Waals surface area contributed by atoms with Gasteiger partial charge in [0.25, 0.3) is 0 Å². The Morgan fingerprint density at radius 1 is 1.45 bits per heavy atom. The standard InChI is InChI=1S/C12H15ClN2O3S2/c13-10-6-20(17,18)7-11(10)15-12(16)5-19-9-3-1-2-8(14)4-9/h1-4,10-11H,5-7,14H2,(H,15,16). The summed E-state index contributed by atoms with van der Waals surface area (Å²) in [6, 6.07) is 6.72. The normalized spacial score (nSPS) is 24.4. The third kappa shape index (κ3) is 4.29. The van der Waals surface area contributed by atoms with E-state index in [1.807, 2.05) is 12.1 Å². The number of nitrogens with one attached hydrogen (secondary N) is 1. The molecule has 1 aromatic carbocycles. The van der Waals surface area contributed by atoms with Gasteiger partial charge >= 0.3 is 0 Å². The van der Waals surface area contributed by atoms with Gasteiger partial charge < -0.3 is 11.1 Å². The zero-order valence-electron chi connectivity index (χ0n) is 10.6. The third-order valence-electron chi connectivity index (χ3n) is 2.86. The largest absolute Gasteiger partial charge is 0.399 e. The van der Waals surface area contributed by atoms with E-state index in [0.717, 1.165) is 4.90 Å². The molecule has 2 atom stereocenters. The summed E-state index contributed by atoms with van der Waals surface area (Å²) in [5.41, 5.74) is 6.28. The van der Waals surface area contributed by atoms with Gasteiger partial charge in [0.2, 0.25) is 5.91 Å². The predicted molar refractivity (Wildman–Crippen MR) is 81.8 cm³/mol. The number of halogens is 1. The van der Waals surface area contributed by atoms with E-state index in [2.05, 4.69) is 5.32 Å². The number of amides is 1. The number of nitrogens with two attached hydrogens (primary N) is 1. The molecule has 110 valence electrons. The number of rotatable bonds is 4. The Morgan fingerprint density at radius 2 is 2.20 bits per heavy atom. The highest BCUT2D eigenvalue weighted by atomic mass is 35.5. The van der Waals surface area contributed by atoms with Crippen LogP contribution in [0.4, 0.5) is 5.69 Å². The molecule has 1 amide bonds. The summed E-state index contributed by atoms with van der Waals surface area (Å²) in [4.78, 5) is 12.7. The zero-order valence-corrected chi connectivity index (χ0v) is 13.0. The van der Waals surface area contributed by atoms with Crippen molar-refractivity contribution in [2.75, 3.05) is 23.0 Å². The first-order valence-electron chi connectivity index (χ1n) is 5.98. The molecule has 1 fully saturated rings. The highest BCUT2D eigenvalue weighted by Crippen LogP contribution is 2.21. The lowest BCUT2D eigenvalue weighted by Gasteiger charge is -2.14. The number of carbonyl (C=O) groups is 1. The van der Waals surface area contributed by atoms with E-state index in [1.54, 1.807) is 12.1 Å². The third-order valence-corrected chi connectivity index (χ3v) is 6.23. The van der Waals surface area contributed by atoms with E-state index in [1.165, 1.54) is 11.8 Å². The van der Waals surface area contributed by atoms with Gasteiger partial charge in [-0.1, -0.05) is 6.07 Å². The Balaban J connectivity index is 1.84. The number of nitrogen functional groups attached to an aromatic ring is 1. The molecule has 5 nitrogen and oxygen atoms in total. The van der Waals surface area contributed by atoms with E-state index in [4.69, 9.17) is 17.3 Å². The van der Waals surface area contributed by atoms with Gasteiger partial charge in [0.05, 0.1) is 28.7 Å². The van der Waals surface area contributed by atoms with Crippen molar-refractivity contribution in [3.63, 3.8) is 0 Å². The molecule has 3 N–H and O–H groups in total. The first-order valence-corrected chi connectivity index (χ1v) is 9.22. The summed E-state index contributed by atoms with van der Waals surface area (Å²) in [5.74, 6) is -0.202. The number of thioether (sulfide) groups is 1. The van der Waals surface area contributed by atoms with Crippen molar-refractivity contribution in [2.24, 2.45) is 0 Å². The fraction of sp³-hybridized carbons (Fsp3) is 0.417. The van der Waals surface area contributed by atoms with Gasteiger partial charge in [-0.15, -0.1) is 23.4 Å². The summed E-state index contributed by atoms with van der Waals surface area (Å²) < 4.78 is 22.8. The molecule has 0 aliphatic carbocycles. The molecule has 1 aromatic rings. The monoisotopic (exact) mass is 334 g/mol. The first kappa shape index (κ1) is 15.5. The van der Waals surface area contributed by atoms with Crippen molar-refractivity contribution in [1.82, 2.24) is 5.32 Å². The molecule has 20 heavy (non-hydrogen) atoms. The molecule has 8 heteroatoms. The van der Waals surface area contributed by atoms with Crippen LogP contribution in [0.5, 0.6) is 0 Å². The SMILES string of the molecule is Nc1cccc(SCC(=O)NC2CS(=O)(=O)CC2Cl)c1. The summed E-state index contributed by atoms with van der Waals surface area (Å²) in [5, 5.41) is 2.11. The molecule has 0 bridgehead atoms. The number of sulfone groups is 1. The maximum Gasteiger partial charge on any atom is 0.230 e. The molecular formula is C12H15ClN2O3S2. The molecule has 1 heterocycles. The second-order valence-corrected chi connectivity index (χ2v) is 8.39. The molecule has 0 spiro atoms. The molecule has 1 aliphatic heterocycles. The number of alkyl halides is 1. The lowest BCUT2D eigenvalue weighted by Crippen LogP contribution is -2.41. The average Bonchev–Trinajstić information content (AvgIpc) is 2.60. The molecule has 1 saturated heterocycles. The minimum atomic E-state index is -3.13. The van der Waals surface area contributed by atoms with Crippen LogP contribution in [0, 0.1) is 0 Å². The Kier molecular flexibility index (Phi) is 4.82. The summed E-state index contributed by atoms with van der Waals surface area (Å²) in [6.45, 7) is 0. The van der Waals surface area contributed by atoms with Crippen LogP contribution >= 0.6 is 23.4 Å². The maximum absolute atomic E-state index is 11.8. The molecule has 0 aromatic heterocycles. The minimum absolute atomic E-state index is 0.0815. The van der Waals surface area contributed by atoms with Crippen LogP contribution in [0.2, 0.25) is 0 Å². The molecular weight excluding hydrogens is 320 g/mol. The van der Waals surface area contributed by atoms with E-state index in [0.29, 0.717) is 5.69 Å². The molecule has 1 aliphatic rings. The Morgan fingerprint density at radius 3 is 2.80 bits per heavy atom. The minimum Gasteiger partial charge on any atom is -0.399 e. The van der Waals surface area contributed by atoms with Gasteiger partial charge in [0.1, 0.15) is 0 Å². The van der Waals surface area contributed by atoms with Gasteiger partial charge in [0, 0.05) is 10.6 Å². The second kappa shape index (κ2) is 6.24. The molecule has 0 saturated carbocycles. The molecule has 2 rings (SSSR count). The number of benzene rings is 1. The van der Waals surface area contributed by atoms with E-state index < -0.39 is 21.3 Å². The quantitative estimate of drug-likeness (QED) is 0.485. The van der Waals surface area contributed by atoms with Crippen LogP contribution in [0.3, 0.4) is 0 Å². The number of hydrogen-bond acceptors (Lipinski definition) is 5. The summed E-state index contributed by atoms with van der Waals surface area (Å²) in [7, 11) is -3.13. The van der Waals surface area contributed by atoms with Crippen LogP contribution in [0.15, 0.2) is 29.2 Å². The smallest absolute Gasteiger partial charge is 0.230 e. The number of hydrogen-bond donors (Lipinski definition) is 2. The Labute approximate surface area is 127 Å². The molecule has 0 radical (unpaired) electrons. The van der Waals surface area contributed by atoms with Crippen LogP contribution in [-0.4, -0.2) is 43.0 Å². The van der Waals surface area contributed by atoms with E-state index in [9.17, 15) is 13.2 Å². The van der Waals surface area contributed by atoms with Gasteiger partial charge in [-0.25, -0.2) is 8.42 Å². The van der Waals surface area contributed by atoms with Gasteiger partial charge in [-0.2, -0.15) is 0 Å². The topological polar surface area (TPSA) is 89.3 Å². The van der Waals surface area contributed by atoms with Crippen LogP contribution in [0.1, 0.15) is 0 Å². The van der Waals surface area contributed by atoms with E-state index in [-0.39, 0.29) is 23.2 Å². The van der Waals surface area contributed by atoms with Crippen molar-refractivity contribution in [3.8, 4) is 0 Å². The Bertz CT molecular complexity index is 606. The summed E-state index contributed by atoms with van der Waals surface area (Å²) in [6.07, 6.45) is 0. The lowest BCUT2D eigenvalue weighted by molar-refractivity contribution is -0.119. The maximum atomic E-state index is 11.8. The lowest BCUT2D eigenvalue weighted by atomic mass is 10.2. The predicted octanol–water partition coefficient (Wildman–Crippen LogP) is 0.881. The first-order chi connectivity index (χ1) is 9.35. The van der Waals surface area contributed by atoms with Crippen molar-refractivity contribution >= 4 is 44.8 Å². The van der Waals surface area contributed by atoms with Crippen molar-refractivity contribution < 1.29 is 13.2 Å². The molecule has 2 unspecified atom stereocenters. The highest BCUT2D eigenvalue weighted by molar-refractivity contribution is 8.00. The Hall–Kier alpha value is -0.920. The zero-order chi connectivity index (χ0) is 14.8. The van der Waals surface area contributed by atoms with Crippen molar-refractivity contribution in [3.05, 3.63) is 24.3 Å². The van der Waals surface area contributed by atoms with E-state index >= 15 is 0 Å². The fourth-order valence-corrected chi connectivity index (χ4v) is 5.26. The van der Waals surface area contributed by atoms with Crippen molar-refractivity contribution in [2.45, 2.75) is 16.3 Å². The van der Waals surface area contributed by atoms with Gasteiger partial charge in [-0.05, 0) is 18.2 Å². The van der Waals surface area contributed by atoms with Crippen LogP contribution in [-0.2, 0) is 14.6 Å². The van der Waals surface area contributed by atoms with Crippen LogP contribution in [0.25, 0.3) is 0 Å². The van der Waals surface area contributed by atoms with Crippen LogP contribution < -0.4 is 11.1 Å². The highest BCUT2D eigenvalue weighted by Gasteiger charge is 2.37. The number of carbonyl (C=O) groups excluding carboxylic acids is 1. The van der Waals surface area contributed by atoms with Gasteiger partial charge in [0.15, 0.2) is 9.84 Å².